The van der Waals surface area contributed by atoms with Crippen LogP contribution < -0.4 is 54.4 Å². The second-order valence-electron chi connectivity index (χ2n) is 34.6. The largest absolute Gasteiger partial charge is 0.350 e. The summed E-state index contributed by atoms with van der Waals surface area (Å²) in [4.78, 5) is 135. The van der Waals surface area contributed by atoms with Crippen molar-refractivity contribution in [2.45, 2.75) is 202 Å². The summed E-state index contributed by atoms with van der Waals surface area (Å²) in [6.45, 7) is 3.89. The summed E-state index contributed by atoms with van der Waals surface area (Å²) in [7, 11) is 0. The Labute approximate surface area is 747 Å². The minimum atomic E-state index is -0.340. The number of H-pyrrole nitrogens is 5. The molecular formula is C102H99Cl3F2N10O10. The summed E-state index contributed by atoms with van der Waals surface area (Å²) in [6.07, 6.45) is 26.9. The van der Waals surface area contributed by atoms with E-state index in [2.05, 4.69) is 88.8 Å². The summed E-state index contributed by atoms with van der Waals surface area (Å²) in [6, 6.07) is 51.2. The second kappa shape index (κ2) is 39.3. The Balaban J connectivity index is 0.000000117. The lowest BCUT2D eigenvalue weighted by Gasteiger charge is -2.14. The molecule has 5 saturated heterocycles. The predicted molar refractivity (Wildman–Crippen MR) is 493 cm³/mol. The molecule has 10 N–H and O–H groups in total. The molecule has 127 heavy (non-hydrogen) atoms. The summed E-state index contributed by atoms with van der Waals surface area (Å²) in [5.74, 6) is 1.52. The van der Waals surface area contributed by atoms with Crippen molar-refractivity contribution in [2.75, 3.05) is 0 Å². The summed E-state index contributed by atoms with van der Waals surface area (Å²) < 4.78 is 27.9. The maximum Gasteiger partial charge on any atom is 0.251 e. The van der Waals surface area contributed by atoms with Crippen LogP contribution in [0.1, 0.15) is 253 Å². The van der Waals surface area contributed by atoms with Crippen LogP contribution in [0, 0.1) is 25.5 Å². The van der Waals surface area contributed by atoms with Gasteiger partial charge in [-0.3, -0.25) is 47.9 Å². The van der Waals surface area contributed by atoms with E-state index < -0.39 is 0 Å². The fourth-order valence-corrected chi connectivity index (χ4v) is 17.2. The Bertz CT molecular complexity index is 6020. The fourth-order valence-electron chi connectivity index (χ4n) is 16.8. The van der Waals surface area contributed by atoms with Crippen LogP contribution >= 0.6 is 34.8 Å². The Morgan fingerprint density at radius 2 is 0.551 bits per heavy atom. The number of aryl methyl sites for hydroxylation is 2. The molecule has 25 heteroatoms. The van der Waals surface area contributed by atoms with Gasteiger partial charge in [0.25, 0.3) is 27.8 Å². The standard InChI is InChI=1S/C21H21FN2O2.C21H22N2O2.C20H18Cl2N2O2.C20H19ClN2O2.C20H19FN2O2/c1-12-2-6-16(18(22)10-12)17(11-14-5-9-20(25)23-14)19-8-7-15(13-3-4-13)21(26)24-19;1-13-2-4-15(5-3-13)18(12-16-8-11-20(24)22-16)19-10-9-17(14-6-7-14)21(25)23-19;21-16-6-3-12(9-17(16)22)15(10-13-4-8-19(25)23-13)18-7-5-14(11-1-2-11)20(26)24-18;2*21-14-5-3-13(4-6-14)17(11-15-7-10-19(24)22-15)18-9-8-16(12-1-2-12)20(25)23-18/h2,6-8,10-11,13-14H,3-5,9H2,1H3,(H,23,25)(H,24,26);2-5,9-10,12,14,16H,6-8,11H2,1H3,(H,22,24)(H,23,25);3,5-7,9-11,13H,1-2,4,8H2,(H,23,25)(H,24,26);2*3-6,8-9,11-12,15H,1-2,7,10H2,(H,22,24)(H,23,25)/b17-11+;18-12+;15-10+;2*17-11+/t14-;16-;13-;2*15-/m11111/s1. The van der Waals surface area contributed by atoms with Crippen LogP contribution in [0.3, 0.4) is 0 Å². The number of aromatic amines is 5. The van der Waals surface area contributed by atoms with Gasteiger partial charge >= 0.3 is 0 Å². The summed E-state index contributed by atoms with van der Waals surface area (Å²) in [5.41, 5.74) is 17.7. The minimum Gasteiger partial charge on any atom is -0.350 e. The third-order valence-electron chi connectivity index (χ3n) is 24.5. The predicted octanol–water partition coefficient (Wildman–Crippen LogP) is 17.7. The molecule has 5 aromatic heterocycles. The zero-order valence-electron chi connectivity index (χ0n) is 70.4. The smallest absolute Gasteiger partial charge is 0.251 e. The van der Waals surface area contributed by atoms with Gasteiger partial charge in [0.15, 0.2) is 0 Å². The van der Waals surface area contributed by atoms with Gasteiger partial charge in [-0.1, -0.05) is 168 Å². The lowest BCUT2D eigenvalue weighted by Crippen LogP contribution is -2.24. The number of amides is 5. The highest BCUT2D eigenvalue weighted by Gasteiger charge is 2.33. The molecule has 20 nitrogen and oxygen atoms in total. The molecule has 10 aliphatic rings. The number of aromatic nitrogens is 5. The molecule has 20 rings (SSSR count). The van der Waals surface area contributed by atoms with E-state index in [9.17, 15) is 56.7 Å². The highest BCUT2D eigenvalue weighted by atomic mass is 35.5. The normalized spacial score (nSPS) is 20.5. The average molecular weight is 1770 g/mol. The van der Waals surface area contributed by atoms with E-state index in [1.165, 1.54) is 23.8 Å². The van der Waals surface area contributed by atoms with Crippen LogP contribution in [0.5, 0.6) is 0 Å². The molecule has 0 bridgehead atoms. The van der Waals surface area contributed by atoms with Crippen molar-refractivity contribution in [2.24, 2.45) is 0 Å². The van der Waals surface area contributed by atoms with Crippen LogP contribution in [-0.2, 0) is 24.0 Å². The van der Waals surface area contributed by atoms with Gasteiger partial charge in [0, 0.05) is 157 Å². The Morgan fingerprint density at radius 1 is 0.283 bits per heavy atom. The van der Waals surface area contributed by atoms with Crippen molar-refractivity contribution < 1.29 is 32.8 Å². The van der Waals surface area contributed by atoms with Crippen LogP contribution in [0.25, 0.3) is 27.9 Å². The Hall–Kier alpha value is -12.4. The number of rotatable bonds is 20. The van der Waals surface area contributed by atoms with Gasteiger partial charge in [-0.25, -0.2) is 8.78 Å². The Kier molecular flexibility index (Phi) is 27.2. The third-order valence-corrected chi connectivity index (χ3v) is 25.5. The number of nitrogens with one attached hydrogen (secondary N) is 10. The SMILES string of the molecule is Cc1ccc(/C(=C\[C@H]2CCC(=O)N2)c2ccc(C3CC3)c(=O)[nH]2)c(F)c1.Cc1ccc(/C(=C\[C@H]2CCC(=O)N2)c2ccc(C3CC3)c(=O)[nH]2)cc1.O=C1CC[C@H](/C=C(\c2ccc(Cl)c(Cl)c2)c2ccc(C3CC3)c(=O)[nH]2)N1.O=C1CC[C@H](/C=C(\c2ccc(Cl)cc2)c2ccc(C3CC3)c(=O)[nH]2)N1.O=C1CC[C@H](/C=C(\c2ccc(F)cc2)c2ccc(C3CC3)c(=O)[nH]2)N1. The lowest BCUT2D eigenvalue weighted by molar-refractivity contribution is -0.120. The maximum atomic E-state index is 14.6. The Morgan fingerprint density at radius 3 is 0.827 bits per heavy atom. The molecule has 5 aliphatic heterocycles. The van der Waals surface area contributed by atoms with E-state index in [0.29, 0.717) is 118 Å². The molecule has 0 radical (unpaired) electrons. The van der Waals surface area contributed by atoms with Crippen molar-refractivity contribution in [1.82, 2.24) is 51.5 Å². The number of carbonyl (C=O) groups is 5. The molecule has 0 unspecified atom stereocenters. The van der Waals surface area contributed by atoms with E-state index in [1.54, 1.807) is 30.3 Å². The number of pyridine rings is 5. The highest BCUT2D eigenvalue weighted by Crippen LogP contribution is 2.43. The van der Waals surface area contributed by atoms with Gasteiger partial charge in [0.1, 0.15) is 11.6 Å². The highest BCUT2D eigenvalue weighted by molar-refractivity contribution is 6.42. The topological polar surface area (TPSA) is 310 Å². The molecule has 10 aromatic rings. The zero-order chi connectivity index (χ0) is 88.7. The molecule has 5 atom stereocenters. The van der Waals surface area contributed by atoms with Gasteiger partial charge < -0.3 is 51.5 Å². The lowest BCUT2D eigenvalue weighted by atomic mass is 9.97. The second-order valence-corrected chi connectivity index (χ2v) is 35.9. The minimum absolute atomic E-state index is 0.00690. The first-order valence-electron chi connectivity index (χ1n) is 43.9. The fraction of sp³-hybridized carbons (Fsp3) is 0.314. The van der Waals surface area contributed by atoms with Crippen molar-refractivity contribution in [3.05, 3.63) is 374 Å². The van der Waals surface area contributed by atoms with Crippen LogP contribution in [0.15, 0.2) is 224 Å². The van der Waals surface area contributed by atoms with E-state index >= 15 is 0 Å². The van der Waals surface area contributed by atoms with Crippen molar-refractivity contribution in [3.8, 4) is 0 Å². The molecule has 5 aliphatic carbocycles. The molecule has 10 fully saturated rings. The summed E-state index contributed by atoms with van der Waals surface area (Å²) in [5, 5.41) is 16.2. The summed E-state index contributed by atoms with van der Waals surface area (Å²) >= 11 is 18.2. The van der Waals surface area contributed by atoms with Crippen molar-refractivity contribution >= 4 is 92.2 Å². The maximum absolute atomic E-state index is 14.6. The molecular weight excluding hydrogens is 1670 g/mol. The zero-order valence-corrected chi connectivity index (χ0v) is 72.7. The van der Waals surface area contributed by atoms with Gasteiger partial charge in [-0.15, -0.1) is 0 Å². The quantitative estimate of drug-likeness (QED) is 0.0344. The number of halogens is 5. The number of hydrogen-bond acceptors (Lipinski definition) is 10. The molecule has 5 saturated carbocycles. The average Bonchev–Trinajstić information content (AvgIpc) is 1.61. The van der Waals surface area contributed by atoms with Crippen LogP contribution in [0.4, 0.5) is 8.78 Å². The molecule has 0 spiro atoms. The van der Waals surface area contributed by atoms with Crippen molar-refractivity contribution in [3.63, 3.8) is 0 Å². The van der Waals surface area contributed by atoms with Crippen LogP contribution in [0.2, 0.25) is 15.1 Å². The van der Waals surface area contributed by atoms with Crippen molar-refractivity contribution in [1.29, 1.82) is 0 Å². The van der Waals surface area contributed by atoms with E-state index in [-0.39, 0.29) is 99.2 Å². The number of benzene rings is 5. The monoisotopic (exact) mass is 1770 g/mol. The molecule has 10 heterocycles. The number of carbonyl (C=O) groups excluding carboxylic acids is 5. The van der Waals surface area contributed by atoms with Gasteiger partial charge in [0.05, 0.1) is 10.0 Å². The number of hydrogen-bond donors (Lipinski definition) is 10. The van der Waals surface area contributed by atoms with Gasteiger partial charge in [0.2, 0.25) is 29.5 Å². The molecule has 5 amide bonds. The first-order chi connectivity index (χ1) is 61.3. The third kappa shape index (κ3) is 22.9. The van der Waals surface area contributed by atoms with Gasteiger partial charge in [-0.05, 0) is 240 Å². The van der Waals surface area contributed by atoms with E-state index in [4.69, 9.17) is 34.8 Å². The van der Waals surface area contributed by atoms with E-state index in [0.717, 1.165) is 173 Å². The molecule has 652 valence electrons. The first kappa shape index (κ1) is 88.1. The van der Waals surface area contributed by atoms with Crippen LogP contribution in [-0.4, -0.2) is 84.7 Å². The van der Waals surface area contributed by atoms with E-state index in [1.807, 2.05) is 128 Å². The van der Waals surface area contributed by atoms with Gasteiger partial charge in [-0.2, -0.15) is 0 Å². The molecule has 5 aromatic carbocycles. The first-order valence-corrected chi connectivity index (χ1v) is 45.0.